The van der Waals surface area contributed by atoms with Crippen molar-refractivity contribution < 1.29 is 9.59 Å². The number of piperazine rings is 1. The van der Waals surface area contributed by atoms with Crippen molar-refractivity contribution in [3.63, 3.8) is 0 Å². The molecule has 1 aromatic heterocycles. The Hall–Kier alpha value is -2.30. The first kappa shape index (κ1) is 12.7. The molecule has 20 heavy (non-hydrogen) atoms. The number of benzene rings is 1. The van der Waals surface area contributed by atoms with E-state index in [0.717, 1.165) is 10.9 Å². The third-order valence-corrected chi connectivity index (χ3v) is 3.81. The molecule has 0 bridgehead atoms. The largest absolute Gasteiger partial charge is 0.361 e. The first-order valence-corrected chi connectivity index (χ1v) is 6.77. The van der Waals surface area contributed by atoms with Gasteiger partial charge in [-0.25, -0.2) is 0 Å². The molecule has 0 saturated carbocycles. The lowest BCUT2D eigenvalue weighted by Crippen LogP contribution is -2.50. The summed E-state index contributed by atoms with van der Waals surface area (Å²) >= 11 is 0. The number of carbonyl (C=O) groups excluding carboxylic acids is 2. The molecule has 1 aromatic carbocycles. The summed E-state index contributed by atoms with van der Waals surface area (Å²) in [6.45, 7) is 4.00. The van der Waals surface area contributed by atoms with Crippen LogP contribution in [0.4, 0.5) is 0 Å². The summed E-state index contributed by atoms with van der Waals surface area (Å²) in [6, 6.07) is 7.67. The van der Waals surface area contributed by atoms with Gasteiger partial charge in [0.05, 0.1) is 0 Å². The van der Waals surface area contributed by atoms with Crippen LogP contribution in [0.25, 0.3) is 10.9 Å². The highest BCUT2D eigenvalue weighted by molar-refractivity contribution is 5.98. The van der Waals surface area contributed by atoms with Crippen LogP contribution in [-0.4, -0.2) is 52.8 Å². The summed E-state index contributed by atoms with van der Waals surface area (Å²) in [5, 5.41) is 1.10. The van der Waals surface area contributed by atoms with Crippen LogP contribution in [0.3, 0.4) is 0 Å². The van der Waals surface area contributed by atoms with Crippen molar-refractivity contribution in [2.24, 2.45) is 0 Å². The molecule has 5 heteroatoms. The van der Waals surface area contributed by atoms with Crippen LogP contribution >= 0.6 is 0 Å². The number of rotatable bonds is 1. The number of aromatic nitrogens is 1. The SMILES string of the molecule is CC(=O)N1CCN(C(=O)c2ccc3cc[nH]c3c2)CC1. The Kier molecular flexibility index (Phi) is 3.18. The lowest BCUT2D eigenvalue weighted by Gasteiger charge is -2.34. The fraction of sp³-hybridized carbons (Fsp3) is 0.333. The van der Waals surface area contributed by atoms with Gasteiger partial charge < -0.3 is 14.8 Å². The molecule has 0 unspecified atom stereocenters. The molecule has 1 aliphatic heterocycles. The van der Waals surface area contributed by atoms with Crippen LogP contribution in [0.2, 0.25) is 0 Å². The van der Waals surface area contributed by atoms with Crippen LogP contribution < -0.4 is 0 Å². The van der Waals surface area contributed by atoms with Crippen molar-refractivity contribution >= 4 is 22.7 Å². The van der Waals surface area contributed by atoms with Crippen molar-refractivity contribution in [2.75, 3.05) is 26.2 Å². The molecule has 0 atom stereocenters. The third-order valence-electron chi connectivity index (χ3n) is 3.81. The van der Waals surface area contributed by atoms with E-state index in [1.807, 2.05) is 35.4 Å². The molecule has 3 rings (SSSR count). The smallest absolute Gasteiger partial charge is 0.254 e. The number of aromatic amines is 1. The minimum Gasteiger partial charge on any atom is -0.361 e. The van der Waals surface area contributed by atoms with E-state index < -0.39 is 0 Å². The molecule has 2 aromatic rings. The van der Waals surface area contributed by atoms with Crippen LogP contribution in [0, 0.1) is 0 Å². The van der Waals surface area contributed by atoms with E-state index in [0.29, 0.717) is 31.7 Å². The maximum atomic E-state index is 12.5. The van der Waals surface area contributed by atoms with Gasteiger partial charge >= 0.3 is 0 Å². The van der Waals surface area contributed by atoms with Crippen LogP contribution in [-0.2, 0) is 4.79 Å². The third kappa shape index (κ3) is 2.27. The first-order chi connectivity index (χ1) is 9.65. The van der Waals surface area contributed by atoms with Gasteiger partial charge in [0, 0.05) is 50.4 Å². The Balaban J connectivity index is 1.74. The second-order valence-electron chi connectivity index (χ2n) is 5.08. The van der Waals surface area contributed by atoms with Crippen molar-refractivity contribution in [1.82, 2.24) is 14.8 Å². The van der Waals surface area contributed by atoms with Crippen molar-refractivity contribution in [2.45, 2.75) is 6.92 Å². The number of nitrogens with one attached hydrogen (secondary N) is 1. The summed E-state index contributed by atoms with van der Waals surface area (Å²) in [7, 11) is 0. The molecule has 1 N–H and O–H groups in total. The maximum Gasteiger partial charge on any atom is 0.254 e. The number of hydrogen-bond acceptors (Lipinski definition) is 2. The number of H-pyrrole nitrogens is 1. The Morgan fingerprint density at radius 3 is 2.45 bits per heavy atom. The Labute approximate surface area is 117 Å². The number of amides is 2. The molecule has 2 amide bonds. The molecule has 1 aliphatic rings. The standard InChI is InChI=1S/C15H17N3O2/c1-11(19)17-6-8-18(9-7-17)15(20)13-3-2-12-4-5-16-14(12)10-13/h2-5,10,16H,6-9H2,1H3. The average molecular weight is 271 g/mol. The Bertz CT molecular complexity index is 654. The van der Waals surface area contributed by atoms with E-state index >= 15 is 0 Å². The topological polar surface area (TPSA) is 56.4 Å². The molecule has 1 saturated heterocycles. The van der Waals surface area contributed by atoms with Gasteiger partial charge in [0.1, 0.15) is 0 Å². The van der Waals surface area contributed by atoms with Gasteiger partial charge in [-0.3, -0.25) is 9.59 Å². The van der Waals surface area contributed by atoms with E-state index in [2.05, 4.69) is 4.98 Å². The highest BCUT2D eigenvalue weighted by Crippen LogP contribution is 2.16. The van der Waals surface area contributed by atoms with Gasteiger partial charge in [0.15, 0.2) is 0 Å². The lowest BCUT2D eigenvalue weighted by atomic mass is 10.1. The molecule has 5 nitrogen and oxygen atoms in total. The maximum absolute atomic E-state index is 12.5. The number of fused-ring (bicyclic) bond motifs is 1. The summed E-state index contributed by atoms with van der Waals surface area (Å²) in [6.07, 6.45) is 1.87. The molecular formula is C15H17N3O2. The van der Waals surface area contributed by atoms with Crippen molar-refractivity contribution in [1.29, 1.82) is 0 Å². The minimum atomic E-state index is 0.0321. The van der Waals surface area contributed by atoms with Crippen LogP contribution in [0.15, 0.2) is 30.5 Å². The van der Waals surface area contributed by atoms with Gasteiger partial charge in [0.25, 0.3) is 5.91 Å². The molecular weight excluding hydrogens is 254 g/mol. The van der Waals surface area contributed by atoms with Crippen molar-refractivity contribution in [3.05, 3.63) is 36.0 Å². The first-order valence-electron chi connectivity index (χ1n) is 6.77. The molecule has 0 spiro atoms. The predicted molar refractivity (Wildman–Crippen MR) is 76.5 cm³/mol. The van der Waals surface area contributed by atoms with E-state index in [1.165, 1.54) is 0 Å². The normalized spacial score (nSPS) is 15.7. The fourth-order valence-electron chi connectivity index (χ4n) is 2.59. The minimum absolute atomic E-state index is 0.0321. The van der Waals surface area contributed by atoms with Crippen LogP contribution in [0.1, 0.15) is 17.3 Å². The molecule has 0 radical (unpaired) electrons. The highest BCUT2D eigenvalue weighted by Gasteiger charge is 2.23. The van der Waals surface area contributed by atoms with Gasteiger partial charge in [0.2, 0.25) is 5.91 Å². The molecule has 2 heterocycles. The lowest BCUT2D eigenvalue weighted by molar-refractivity contribution is -0.130. The van der Waals surface area contributed by atoms with Gasteiger partial charge in [-0.05, 0) is 23.6 Å². The van der Waals surface area contributed by atoms with E-state index in [4.69, 9.17) is 0 Å². The van der Waals surface area contributed by atoms with Crippen LogP contribution in [0.5, 0.6) is 0 Å². The van der Waals surface area contributed by atoms with Crippen molar-refractivity contribution in [3.8, 4) is 0 Å². The average Bonchev–Trinajstić information content (AvgIpc) is 2.94. The zero-order chi connectivity index (χ0) is 14.1. The van der Waals surface area contributed by atoms with E-state index in [1.54, 1.807) is 11.8 Å². The predicted octanol–water partition coefficient (Wildman–Crippen LogP) is 1.47. The summed E-state index contributed by atoms with van der Waals surface area (Å²) < 4.78 is 0. The quantitative estimate of drug-likeness (QED) is 0.854. The van der Waals surface area contributed by atoms with E-state index in [9.17, 15) is 9.59 Å². The van der Waals surface area contributed by atoms with E-state index in [-0.39, 0.29) is 11.8 Å². The molecule has 104 valence electrons. The monoisotopic (exact) mass is 271 g/mol. The molecule has 1 fully saturated rings. The number of carbonyl (C=O) groups is 2. The zero-order valence-electron chi connectivity index (χ0n) is 11.4. The molecule has 0 aliphatic carbocycles. The number of nitrogens with zero attached hydrogens (tertiary/aromatic N) is 2. The fourth-order valence-corrected chi connectivity index (χ4v) is 2.59. The summed E-state index contributed by atoms with van der Waals surface area (Å²) in [4.78, 5) is 30.4. The van der Waals surface area contributed by atoms with Gasteiger partial charge in [-0.15, -0.1) is 0 Å². The number of hydrogen-bond donors (Lipinski definition) is 1. The second-order valence-corrected chi connectivity index (χ2v) is 5.08. The zero-order valence-corrected chi connectivity index (χ0v) is 11.4. The summed E-state index contributed by atoms with van der Waals surface area (Å²) in [5.74, 6) is 0.106. The van der Waals surface area contributed by atoms with Gasteiger partial charge in [-0.1, -0.05) is 6.07 Å². The second kappa shape index (κ2) is 5.00. The van der Waals surface area contributed by atoms with Gasteiger partial charge in [-0.2, -0.15) is 0 Å². The Morgan fingerprint density at radius 2 is 1.75 bits per heavy atom. The summed E-state index contributed by atoms with van der Waals surface area (Å²) in [5.41, 5.74) is 1.66. The Morgan fingerprint density at radius 1 is 1.05 bits per heavy atom. The highest BCUT2D eigenvalue weighted by atomic mass is 16.2.